The number of hydrogen-bond acceptors (Lipinski definition) is 6. The van der Waals surface area contributed by atoms with Crippen LogP contribution in [-0.2, 0) is 16.1 Å². The molecule has 13 heteroatoms. The lowest BCUT2D eigenvalue weighted by Crippen LogP contribution is -2.47. The van der Waals surface area contributed by atoms with E-state index in [2.05, 4.69) is 37.6 Å². The summed E-state index contributed by atoms with van der Waals surface area (Å²) in [6.45, 7) is 12.0. The average molecular weight is 621 g/mol. The van der Waals surface area contributed by atoms with Gasteiger partial charge < -0.3 is 29.7 Å². The number of para-hydroxylation sites is 2. The van der Waals surface area contributed by atoms with Crippen molar-refractivity contribution in [3.05, 3.63) is 59.9 Å². The predicted molar refractivity (Wildman–Crippen MR) is 160 cm³/mol. The molecule has 2 N–H and O–H groups in total. The number of carboxylic acid groups (broad SMARTS) is 1. The number of rotatable bonds is 9. The van der Waals surface area contributed by atoms with Gasteiger partial charge in [0.15, 0.2) is 0 Å². The quantitative estimate of drug-likeness (QED) is 0.274. The van der Waals surface area contributed by atoms with Crippen LogP contribution in [0.3, 0.4) is 0 Å². The number of fused-ring (bicyclic) bond motifs is 1. The molecule has 3 heterocycles. The van der Waals surface area contributed by atoms with E-state index in [4.69, 9.17) is 14.9 Å². The zero-order chi connectivity index (χ0) is 31.7. The van der Waals surface area contributed by atoms with Crippen LogP contribution in [0.1, 0.15) is 31.7 Å². The number of aliphatic carboxylic acids is 1. The van der Waals surface area contributed by atoms with Gasteiger partial charge in [0.2, 0.25) is 11.9 Å². The van der Waals surface area contributed by atoms with E-state index in [9.17, 15) is 22.4 Å². The molecule has 2 aliphatic heterocycles. The summed E-state index contributed by atoms with van der Waals surface area (Å²) in [5.74, 6) is -1.82. The third-order valence-electron chi connectivity index (χ3n) is 8.14. The zero-order valence-electron chi connectivity index (χ0n) is 24.9. The summed E-state index contributed by atoms with van der Waals surface area (Å²) in [7, 11) is 0. The second kappa shape index (κ2) is 15.3. The first kappa shape index (κ1) is 33.2. The largest absolute Gasteiger partial charge is 0.490 e. The lowest BCUT2D eigenvalue weighted by Gasteiger charge is -2.34. The van der Waals surface area contributed by atoms with Gasteiger partial charge in [-0.05, 0) is 62.2 Å². The molecule has 0 radical (unpaired) electrons. The standard InChI is InChI=1S/C29H39FN6O.C2HF3O2/c1-2-33-18-20-34(21-19-33)15-5-14-31-28(37)24-12-16-35(17-13-24)29-32-26-6-3-4-7-27(26)36(29)22-23-8-10-25(30)11-9-23;3-2(4,5)1(6)7/h3-4,6-11,24H,2,5,12-22H2,1H3,(H,31,37);(H,6,7). The molecule has 5 rings (SSSR count). The number of piperidine rings is 1. The van der Waals surface area contributed by atoms with E-state index in [1.165, 1.54) is 12.1 Å². The number of benzene rings is 2. The SMILES string of the molecule is CCN1CCN(CCCNC(=O)C2CCN(c3nc4ccccc4n3Cc3ccc(F)cc3)CC2)CC1.O=C(O)C(F)(F)F. The number of halogens is 4. The Morgan fingerprint density at radius 2 is 1.57 bits per heavy atom. The van der Waals surface area contributed by atoms with Gasteiger partial charge in [0.25, 0.3) is 0 Å². The van der Waals surface area contributed by atoms with E-state index in [-0.39, 0.29) is 17.6 Å². The van der Waals surface area contributed by atoms with Gasteiger partial charge in [0.05, 0.1) is 17.6 Å². The Bertz CT molecular complexity index is 1360. The molecular weight excluding hydrogens is 580 g/mol. The molecule has 2 aliphatic rings. The topological polar surface area (TPSA) is 93.9 Å². The smallest absolute Gasteiger partial charge is 0.475 e. The summed E-state index contributed by atoms with van der Waals surface area (Å²) >= 11 is 0. The van der Waals surface area contributed by atoms with Gasteiger partial charge in [-0.2, -0.15) is 13.2 Å². The lowest BCUT2D eigenvalue weighted by atomic mass is 9.96. The van der Waals surface area contributed by atoms with Gasteiger partial charge in [-0.15, -0.1) is 0 Å². The molecule has 2 fully saturated rings. The van der Waals surface area contributed by atoms with Crippen molar-refractivity contribution < 1.29 is 32.3 Å². The Morgan fingerprint density at radius 3 is 2.18 bits per heavy atom. The van der Waals surface area contributed by atoms with Crippen LogP contribution in [0.15, 0.2) is 48.5 Å². The van der Waals surface area contributed by atoms with E-state index < -0.39 is 12.1 Å². The van der Waals surface area contributed by atoms with E-state index in [0.717, 1.165) is 101 Å². The summed E-state index contributed by atoms with van der Waals surface area (Å²) < 4.78 is 47.4. The van der Waals surface area contributed by atoms with Crippen molar-refractivity contribution in [1.82, 2.24) is 24.7 Å². The molecule has 0 bridgehead atoms. The Morgan fingerprint density at radius 1 is 0.955 bits per heavy atom. The van der Waals surface area contributed by atoms with Crippen molar-refractivity contribution in [2.24, 2.45) is 5.92 Å². The Kier molecular flexibility index (Phi) is 11.6. The van der Waals surface area contributed by atoms with Gasteiger partial charge in [-0.3, -0.25) is 4.79 Å². The Balaban J connectivity index is 0.000000566. The van der Waals surface area contributed by atoms with Crippen LogP contribution in [-0.4, -0.2) is 101 Å². The number of nitrogens with zero attached hydrogens (tertiary/aromatic N) is 5. The first-order chi connectivity index (χ1) is 21.0. The summed E-state index contributed by atoms with van der Waals surface area (Å²) in [6, 6.07) is 14.8. The van der Waals surface area contributed by atoms with Crippen molar-refractivity contribution >= 4 is 28.9 Å². The lowest BCUT2D eigenvalue weighted by molar-refractivity contribution is -0.192. The van der Waals surface area contributed by atoms with Gasteiger partial charge in [-0.1, -0.05) is 31.2 Å². The fourth-order valence-corrected chi connectivity index (χ4v) is 5.56. The minimum Gasteiger partial charge on any atom is -0.475 e. The zero-order valence-corrected chi connectivity index (χ0v) is 24.9. The minimum absolute atomic E-state index is 0.0549. The van der Waals surface area contributed by atoms with Gasteiger partial charge in [0.1, 0.15) is 5.82 Å². The van der Waals surface area contributed by atoms with Gasteiger partial charge >= 0.3 is 12.1 Å². The van der Waals surface area contributed by atoms with E-state index in [1.807, 2.05) is 30.3 Å². The highest BCUT2D eigenvalue weighted by Crippen LogP contribution is 2.28. The number of anilines is 1. The molecule has 44 heavy (non-hydrogen) atoms. The highest BCUT2D eigenvalue weighted by atomic mass is 19.4. The van der Waals surface area contributed by atoms with Crippen molar-refractivity contribution in [3.8, 4) is 0 Å². The number of amides is 1. The highest BCUT2D eigenvalue weighted by molar-refractivity contribution is 5.80. The summed E-state index contributed by atoms with van der Waals surface area (Å²) in [5.41, 5.74) is 3.06. The van der Waals surface area contributed by atoms with Crippen LogP contribution >= 0.6 is 0 Å². The molecule has 0 unspecified atom stereocenters. The van der Waals surface area contributed by atoms with Crippen LogP contribution in [0.4, 0.5) is 23.5 Å². The Hall–Kier alpha value is -3.71. The molecule has 3 aromatic rings. The summed E-state index contributed by atoms with van der Waals surface area (Å²) in [6.07, 6.45) is -2.43. The van der Waals surface area contributed by atoms with Crippen LogP contribution in [0.5, 0.6) is 0 Å². The molecule has 0 saturated carbocycles. The van der Waals surface area contributed by atoms with Crippen molar-refractivity contribution in [2.45, 2.75) is 38.9 Å². The number of piperazine rings is 1. The number of carboxylic acids is 1. The first-order valence-corrected chi connectivity index (χ1v) is 15.0. The Labute approximate surface area is 254 Å². The van der Waals surface area contributed by atoms with E-state index in [1.54, 1.807) is 0 Å². The number of likely N-dealkylation sites (N-methyl/N-ethyl adjacent to an activating group) is 1. The molecule has 1 amide bonds. The maximum Gasteiger partial charge on any atom is 0.490 e. The first-order valence-electron chi connectivity index (χ1n) is 15.0. The molecule has 1 aromatic heterocycles. The van der Waals surface area contributed by atoms with E-state index >= 15 is 0 Å². The molecule has 0 spiro atoms. The second-order valence-corrected chi connectivity index (χ2v) is 11.1. The number of aromatic nitrogens is 2. The molecule has 0 aliphatic carbocycles. The fraction of sp³-hybridized carbons (Fsp3) is 0.516. The van der Waals surface area contributed by atoms with Gasteiger partial charge in [0, 0.05) is 51.7 Å². The molecule has 9 nitrogen and oxygen atoms in total. The highest BCUT2D eigenvalue weighted by Gasteiger charge is 2.38. The third kappa shape index (κ3) is 9.15. The number of imidazole rings is 1. The van der Waals surface area contributed by atoms with Crippen LogP contribution in [0.25, 0.3) is 11.0 Å². The average Bonchev–Trinajstić information content (AvgIpc) is 3.38. The summed E-state index contributed by atoms with van der Waals surface area (Å²) in [5, 5.41) is 10.3. The molecule has 0 atom stereocenters. The van der Waals surface area contributed by atoms with Crippen LogP contribution in [0.2, 0.25) is 0 Å². The molecule has 2 saturated heterocycles. The number of hydrogen-bond donors (Lipinski definition) is 2. The monoisotopic (exact) mass is 620 g/mol. The van der Waals surface area contributed by atoms with Crippen LogP contribution in [0, 0.1) is 11.7 Å². The molecule has 2 aromatic carbocycles. The maximum atomic E-state index is 13.4. The van der Waals surface area contributed by atoms with E-state index in [0.29, 0.717) is 6.54 Å². The maximum absolute atomic E-state index is 13.4. The number of carbonyl (C=O) groups excluding carboxylic acids is 1. The van der Waals surface area contributed by atoms with Crippen molar-refractivity contribution in [1.29, 1.82) is 0 Å². The van der Waals surface area contributed by atoms with Crippen LogP contribution < -0.4 is 10.2 Å². The number of carbonyl (C=O) groups is 2. The van der Waals surface area contributed by atoms with Crippen molar-refractivity contribution in [2.75, 3.05) is 63.8 Å². The predicted octanol–water partition coefficient (Wildman–Crippen LogP) is 4.22. The molecular formula is C31H40F4N6O3. The molecule has 240 valence electrons. The summed E-state index contributed by atoms with van der Waals surface area (Å²) in [4.78, 5) is 34.0. The van der Waals surface area contributed by atoms with Gasteiger partial charge in [-0.25, -0.2) is 14.2 Å². The fourth-order valence-electron chi connectivity index (χ4n) is 5.56. The number of alkyl halides is 3. The second-order valence-electron chi connectivity index (χ2n) is 11.1. The third-order valence-corrected chi connectivity index (χ3v) is 8.14. The normalized spacial score (nSPS) is 16.9. The number of nitrogens with one attached hydrogen (secondary N) is 1. The minimum atomic E-state index is -5.08. The van der Waals surface area contributed by atoms with Crippen molar-refractivity contribution in [3.63, 3.8) is 0 Å².